The lowest BCUT2D eigenvalue weighted by Gasteiger charge is -2.31. The van der Waals surface area contributed by atoms with Crippen LogP contribution in [-0.4, -0.2) is 27.5 Å². The second-order valence-electron chi connectivity index (χ2n) is 7.99. The average molecular weight is 441 g/mol. The summed E-state index contributed by atoms with van der Waals surface area (Å²) in [5, 5.41) is 11.5. The van der Waals surface area contributed by atoms with Crippen LogP contribution in [0.1, 0.15) is 32.7 Å². The number of pyridine rings is 1. The molecule has 1 aliphatic rings. The first-order valence-corrected chi connectivity index (χ1v) is 10.8. The van der Waals surface area contributed by atoms with Crippen molar-refractivity contribution in [3.8, 4) is 0 Å². The summed E-state index contributed by atoms with van der Waals surface area (Å²) in [4.78, 5) is 19.5. The van der Waals surface area contributed by atoms with E-state index in [-0.39, 0.29) is 0 Å². The van der Waals surface area contributed by atoms with E-state index in [0.29, 0.717) is 34.6 Å². The highest BCUT2D eigenvalue weighted by Gasteiger charge is 2.28. The monoisotopic (exact) mass is 440 g/mol. The fourth-order valence-electron chi connectivity index (χ4n) is 4.38. The van der Waals surface area contributed by atoms with E-state index in [9.17, 15) is 9.90 Å². The average Bonchev–Trinajstić information content (AvgIpc) is 2.78. The Balaban J connectivity index is 1.69. The zero-order valence-corrected chi connectivity index (χ0v) is 18.1. The molecule has 5 heteroatoms. The van der Waals surface area contributed by atoms with Crippen LogP contribution in [0.25, 0.3) is 22.6 Å². The molecule has 0 aliphatic carbocycles. The quantitative estimate of drug-likeness (QED) is 0.414. The van der Waals surface area contributed by atoms with Gasteiger partial charge in [0.25, 0.3) is 0 Å². The van der Waals surface area contributed by atoms with Crippen LogP contribution in [-0.2, 0) is 13.1 Å². The van der Waals surface area contributed by atoms with Crippen molar-refractivity contribution in [1.82, 2.24) is 9.88 Å². The van der Waals surface area contributed by atoms with Gasteiger partial charge in [0.15, 0.2) is 0 Å². The molecule has 3 aromatic carbocycles. The molecule has 5 rings (SSSR count). The lowest BCUT2D eigenvalue weighted by atomic mass is 9.91. The summed E-state index contributed by atoms with van der Waals surface area (Å²) >= 11 is 6.21. The number of nitrogens with zero attached hydrogens (tertiary/aromatic N) is 2. The predicted octanol–water partition coefficient (Wildman–Crippen LogP) is 6.14. The Morgan fingerprint density at radius 1 is 1.00 bits per heavy atom. The third-order valence-corrected chi connectivity index (χ3v) is 5.96. The second kappa shape index (κ2) is 8.58. The molecule has 0 unspecified atom stereocenters. The predicted molar refractivity (Wildman–Crippen MR) is 129 cm³/mol. The Hall–Kier alpha value is -3.47. The van der Waals surface area contributed by atoms with Gasteiger partial charge < -0.3 is 5.11 Å². The van der Waals surface area contributed by atoms with Gasteiger partial charge in [-0.3, -0.25) is 4.90 Å². The number of para-hydroxylation sites is 1. The molecule has 0 bridgehead atoms. The van der Waals surface area contributed by atoms with Gasteiger partial charge in [-0.05, 0) is 41.0 Å². The lowest BCUT2D eigenvalue weighted by Crippen LogP contribution is -2.31. The van der Waals surface area contributed by atoms with E-state index in [1.807, 2.05) is 66.7 Å². The Labute approximate surface area is 191 Å². The summed E-state index contributed by atoms with van der Waals surface area (Å²) in [6.07, 6.45) is 2.06. The van der Waals surface area contributed by atoms with Crippen LogP contribution in [0.2, 0.25) is 5.02 Å². The second-order valence-corrected chi connectivity index (χ2v) is 8.43. The molecule has 0 radical (unpaired) electrons. The topological polar surface area (TPSA) is 53.4 Å². The first kappa shape index (κ1) is 20.4. The number of aromatic nitrogens is 1. The summed E-state index contributed by atoms with van der Waals surface area (Å²) in [5.41, 5.74) is 5.67. The third-order valence-electron chi connectivity index (χ3n) is 5.73. The number of rotatable bonds is 4. The molecule has 158 valence electrons. The van der Waals surface area contributed by atoms with E-state index < -0.39 is 5.97 Å². The molecule has 0 fully saturated rings. The normalized spacial score (nSPS) is 15.1. The van der Waals surface area contributed by atoms with Crippen molar-refractivity contribution in [3.05, 3.63) is 112 Å². The first-order chi connectivity index (χ1) is 15.6. The maximum Gasteiger partial charge on any atom is 0.336 e. The van der Waals surface area contributed by atoms with Gasteiger partial charge >= 0.3 is 5.97 Å². The van der Waals surface area contributed by atoms with Crippen LogP contribution in [0.3, 0.4) is 0 Å². The number of carboxylic acids is 1. The van der Waals surface area contributed by atoms with Crippen molar-refractivity contribution in [2.75, 3.05) is 6.54 Å². The van der Waals surface area contributed by atoms with Crippen LogP contribution in [0.4, 0.5) is 0 Å². The van der Waals surface area contributed by atoms with Crippen molar-refractivity contribution in [1.29, 1.82) is 0 Å². The molecule has 1 aliphatic heterocycles. The fraction of sp³-hybridized carbons (Fsp3) is 0.111. The van der Waals surface area contributed by atoms with Crippen molar-refractivity contribution >= 4 is 40.1 Å². The van der Waals surface area contributed by atoms with Crippen molar-refractivity contribution in [2.45, 2.75) is 13.1 Å². The number of halogens is 1. The minimum Gasteiger partial charge on any atom is -0.478 e. The number of aromatic carboxylic acids is 1. The molecular formula is C27H21ClN2O2. The van der Waals surface area contributed by atoms with Crippen LogP contribution < -0.4 is 0 Å². The molecule has 4 nitrogen and oxygen atoms in total. The van der Waals surface area contributed by atoms with Gasteiger partial charge in [0.1, 0.15) is 0 Å². The van der Waals surface area contributed by atoms with E-state index in [0.717, 1.165) is 28.9 Å². The minimum absolute atomic E-state index is 0.334. The maximum atomic E-state index is 12.4. The Morgan fingerprint density at radius 2 is 1.78 bits per heavy atom. The first-order valence-electron chi connectivity index (χ1n) is 10.5. The maximum absolute atomic E-state index is 12.4. The molecule has 0 saturated heterocycles. The number of benzene rings is 3. The fourth-order valence-corrected chi connectivity index (χ4v) is 4.57. The molecule has 32 heavy (non-hydrogen) atoms. The van der Waals surface area contributed by atoms with Crippen LogP contribution in [0.15, 0.2) is 78.9 Å². The molecule has 1 N–H and O–H groups in total. The summed E-state index contributed by atoms with van der Waals surface area (Å²) in [7, 11) is 0. The molecule has 0 saturated carbocycles. The van der Waals surface area contributed by atoms with E-state index >= 15 is 0 Å². The number of hydrogen-bond donors (Lipinski definition) is 1. The SMILES string of the molecule is O=C(O)c1c2c(nc3ccccc13)/C(=C/c1cccc(Cl)c1)CN(Cc1ccccc1)C2. The van der Waals surface area contributed by atoms with Gasteiger partial charge in [-0.15, -0.1) is 0 Å². The Morgan fingerprint density at radius 3 is 2.56 bits per heavy atom. The van der Waals surface area contributed by atoms with Crippen molar-refractivity contribution in [3.63, 3.8) is 0 Å². The van der Waals surface area contributed by atoms with Gasteiger partial charge in [-0.2, -0.15) is 0 Å². The summed E-state index contributed by atoms with van der Waals surface area (Å²) in [6, 6.07) is 25.3. The minimum atomic E-state index is -0.927. The van der Waals surface area contributed by atoms with Gasteiger partial charge in [-0.25, -0.2) is 9.78 Å². The zero-order chi connectivity index (χ0) is 22.1. The van der Waals surface area contributed by atoms with Crippen LogP contribution in [0.5, 0.6) is 0 Å². The lowest BCUT2D eigenvalue weighted by molar-refractivity contribution is 0.0696. The van der Waals surface area contributed by atoms with Gasteiger partial charge in [0, 0.05) is 35.6 Å². The Kier molecular flexibility index (Phi) is 5.48. The van der Waals surface area contributed by atoms with Crippen molar-refractivity contribution in [2.24, 2.45) is 0 Å². The number of hydrogen-bond acceptors (Lipinski definition) is 3. The Bertz CT molecular complexity index is 1350. The summed E-state index contributed by atoms with van der Waals surface area (Å²) in [5.74, 6) is -0.927. The van der Waals surface area contributed by atoms with E-state index in [1.54, 1.807) is 0 Å². The molecule has 4 aromatic rings. The van der Waals surface area contributed by atoms with E-state index in [2.05, 4.69) is 23.1 Å². The molecule has 0 spiro atoms. The van der Waals surface area contributed by atoms with E-state index in [4.69, 9.17) is 16.6 Å². The number of carboxylic acid groups (broad SMARTS) is 1. The molecule has 0 atom stereocenters. The van der Waals surface area contributed by atoms with Gasteiger partial charge in [0.05, 0.1) is 16.8 Å². The van der Waals surface area contributed by atoms with Gasteiger partial charge in [0.2, 0.25) is 0 Å². The molecule has 2 heterocycles. The summed E-state index contributed by atoms with van der Waals surface area (Å²) in [6.45, 7) is 1.91. The number of fused-ring (bicyclic) bond motifs is 2. The van der Waals surface area contributed by atoms with Crippen molar-refractivity contribution < 1.29 is 9.90 Å². The third kappa shape index (κ3) is 4.03. The van der Waals surface area contributed by atoms with Gasteiger partial charge in [-0.1, -0.05) is 72.3 Å². The molecule has 1 aromatic heterocycles. The smallest absolute Gasteiger partial charge is 0.336 e. The highest BCUT2D eigenvalue weighted by molar-refractivity contribution is 6.30. The van der Waals surface area contributed by atoms with Crippen LogP contribution >= 0.6 is 11.6 Å². The highest BCUT2D eigenvalue weighted by Crippen LogP contribution is 2.34. The summed E-state index contributed by atoms with van der Waals surface area (Å²) < 4.78 is 0. The largest absolute Gasteiger partial charge is 0.478 e. The zero-order valence-electron chi connectivity index (χ0n) is 17.3. The standard InChI is InChI=1S/C27H21ClN2O2/c28-21-10-6-9-19(14-21)13-20-16-30(15-18-7-2-1-3-8-18)17-23-25(27(31)32)22-11-4-5-12-24(22)29-26(20)23/h1-14H,15-17H2,(H,31,32)/b20-13+. The molecular weight excluding hydrogens is 420 g/mol. The number of carbonyl (C=O) groups is 1. The van der Waals surface area contributed by atoms with E-state index in [1.165, 1.54) is 5.56 Å². The van der Waals surface area contributed by atoms with Crippen LogP contribution in [0, 0.1) is 0 Å². The highest BCUT2D eigenvalue weighted by atomic mass is 35.5. The molecule has 0 amide bonds.